The maximum Gasteiger partial charge on any atom is 0.233 e. The zero-order valence-corrected chi connectivity index (χ0v) is 10.3. The van der Waals surface area contributed by atoms with Gasteiger partial charge >= 0.3 is 0 Å². The minimum Gasteiger partial charge on any atom is -0.358 e. The molecule has 0 saturated heterocycles. The molecule has 18 heavy (non-hydrogen) atoms. The third-order valence-electron chi connectivity index (χ3n) is 2.60. The molecule has 1 heterocycles. The Balaban J connectivity index is 1.90. The highest BCUT2D eigenvalue weighted by molar-refractivity contribution is 5.77. The second-order valence-electron chi connectivity index (χ2n) is 3.89. The topological polar surface area (TPSA) is 59.0 Å². The van der Waals surface area contributed by atoms with Crippen LogP contribution in [0, 0.1) is 0 Å². The third kappa shape index (κ3) is 3.18. The van der Waals surface area contributed by atoms with Gasteiger partial charge in [-0.3, -0.25) is 4.79 Å². The first kappa shape index (κ1) is 12.3. The lowest BCUT2D eigenvalue weighted by Crippen LogP contribution is -2.30. The Labute approximate surface area is 106 Å². The zero-order chi connectivity index (χ0) is 12.8. The number of nitrogens with zero attached hydrogens (tertiary/aromatic N) is 2. The summed E-state index contributed by atoms with van der Waals surface area (Å²) in [5, 5.41) is 9.80. The zero-order valence-electron chi connectivity index (χ0n) is 10.3. The van der Waals surface area contributed by atoms with E-state index in [-0.39, 0.29) is 5.91 Å². The molecule has 2 N–H and O–H groups in total. The molecule has 0 aliphatic rings. The molecule has 1 aromatic heterocycles. The van der Waals surface area contributed by atoms with E-state index in [1.165, 1.54) is 0 Å². The number of rotatable bonds is 5. The predicted octanol–water partition coefficient (Wildman–Crippen LogP) is 0.708. The SMILES string of the molecule is CNC(=O)CNCc1ccc(-n2cccn2)cc1. The first-order chi connectivity index (χ1) is 8.79. The highest BCUT2D eigenvalue weighted by Gasteiger charge is 1.99. The van der Waals surface area contributed by atoms with Crippen LogP contribution in [0.5, 0.6) is 0 Å². The summed E-state index contributed by atoms with van der Waals surface area (Å²) in [5.74, 6) is -0.0110. The number of amides is 1. The molecule has 94 valence electrons. The van der Waals surface area contributed by atoms with Gasteiger partial charge in [0.15, 0.2) is 0 Å². The lowest BCUT2D eigenvalue weighted by molar-refractivity contribution is -0.119. The molecule has 0 aliphatic heterocycles. The first-order valence-corrected chi connectivity index (χ1v) is 5.80. The second kappa shape index (κ2) is 5.97. The van der Waals surface area contributed by atoms with Crippen molar-refractivity contribution in [2.75, 3.05) is 13.6 Å². The van der Waals surface area contributed by atoms with Crippen LogP contribution in [0.4, 0.5) is 0 Å². The summed E-state index contributed by atoms with van der Waals surface area (Å²) in [7, 11) is 1.63. The molecule has 5 nitrogen and oxygen atoms in total. The van der Waals surface area contributed by atoms with Crippen LogP contribution < -0.4 is 10.6 Å². The summed E-state index contributed by atoms with van der Waals surface area (Å²) < 4.78 is 1.81. The number of hydrogen-bond donors (Lipinski definition) is 2. The summed E-state index contributed by atoms with van der Waals surface area (Å²) >= 11 is 0. The summed E-state index contributed by atoms with van der Waals surface area (Å²) in [6.45, 7) is 1.00. The van der Waals surface area contributed by atoms with Gasteiger partial charge in [0.25, 0.3) is 0 Å². The van der Waals surface area contributed by atoms with Crippen molar-refractivity contribution in [1.29, 1.82) is 0 Å². The van der Waals surface area contributed by atoms with Gasteiger partial charge in [-0.05, 0) is 23.8 Å². The van der Waals surface area contributed by atoms with E-state index in [1.54, 1.807) is 13.2 Å². The minimum atomic E-state index is -0.0110. The monoisotopic (exact) mass is 244 g/mol. The van der Waals surface area contributed by atoms with Crippen LogP contribution in [0.15, 0.2) is 42.7 Å². The number of carbonyl (C=O) groups is 1. The Morgan fingerprint density at radius 3 is 2.72 bits per heavy atom. The van der Waals surface area contributed by atoms with E-state index in [0.29, 0.717) is 13.1 Å². The van der Waals surface area contributed by atoms with Crippen molar-refractivity contribution in [2.24, 2.45) is 0 Å². The van der Waals surface area contributed by atoms with Crippen LogP contribution in [-0.4, -0.2) is 29.3 Å². The van der Waals surface area contributed by atoms with Gasteiger partial charge in [-0.1, -0.05) is 12.1 Å². The largest absolute Gasteiger partial charge is 0.358 e. The average molecular weight is 244 g/mol. The Kier molecular flexibility index (Phi) is 4.09. The van der Waals surface area contributed by atoms with Crippen molar-refractivity contribution in [3.8, 4) is 5.69 Å². The maximum absolute atomic E-state index is 11.0. The normalized spacial score (nSPS) is 10.3. The molecule has 0 saturated carbocycles. The summed E-state index contributed by atoms with van der Waals surface area (Å²) in [4.78, 5) is 11.0. The Morgan fingerprint density at radius 2 is 2.11 bits per heavy atom. The van der Waals surface area contributed by atoms with E-state index in [1.807, 2.05) is 41.2 Å². The van der Waals surface area contributed by atoms with E-state index in [4.69, 9.17) is 0 Å². The number of likely N-dealkylation sites (N-methyl/N-ethyl adjacent to an activating group) is 1. The summed E-state index contributed by atoms with van der Waals surface area (Å²) in [6.07, 6.45) is 3.65. The van der Waals surface area contributed by atoms with E-state index < -0.39 is 0 Å². The van der Waals surface area contributed by atoms with Gasteiger partial charge in [0, 0.05) is 26.0 Å². The molecular weight excluding hydrogens is 228 g/mol. The number of carbonyl (C=O) groups excluding carboxylic acids is 1. The second-order valence-corrected chi connectivity index (χ2v) is 3.89. The summed E-state index contributed by atoms with van der Waals surface area (Å²) in [6, 6.07) is 9.94. The van der Waals surface area contributed by atoms with Crippen molar-refractivity contribution in [2.45, 2.75) is 6.54 Å². The van der Waals surface area contributed by atoms with Crippen LogP contribution in [0.1, 0.15) is 5.56 Å². The van der Waals surface area contributed by atoms with Crippen molar-refractivity contribution >= 4 is 5.91 Å². The Morgan fingerprint density at radius 1 is 1.33 bits per heavy atom. The van der Waals surface area contributed by atoms with Crippen molar-refractivity contribution in [3.63, 3.8) is 0 Å². The van der Waals surface area contributed by atoms with E-state index >= 15 is 0 Å². The van der Waals surface area contributed by atoms with Gasteiger partial charge in [0.1, 0.15) is 0 Å². The quantitative estimate of drug-likeness (QED) is 0.814. The highest BCUT2D eigenvalue weighted by Crippen LogP contribution is 2.08. The first-order valence-electron chi connectivity index (χ1n) is 5.80. The Bertz CT molecular complexity index is 490. The average Bonchev–Trinajstić information content (AvgIpc) is 2.93. The van der Waals surface area contributed by atoms with Crippen molar-refractivity contribution < 1.29 is 4.79 Å². The van der Waals surface area contributed by atoms with E-state index in [0.717, 1.165) is 11.3 Å². The smallest absolute Gasteiger partial charge is 0.233 e. The van der Waals surface area contributed by atoms with Crippen molar-refractivity contribution in [1.82, 2.24) is 20.4 Å². The molecule has 5 heteroatoms. The van der Waals surface area contributed by atoms with E-state index in [2.05, 4.69) is 15.7 Å². The van der Waals surface area contributed by atoms with Gasteiger partial charge in [0.2, 0.25) is 5.91 Å². The van der Waals surface area contributed by atoms with Gasteiger partial charge in [0.05, 0.1) is 12.2 Å². The number of hydrogen-bond acceptors (Lipinski definition) is 3. The Hall–Kier alpha value is -2.14. The molecular formula is C13H16N4O. The molecule has 0 bridgehead atoms. The van der Waals surface area contributed by atoms with Gasteiger partial charge < -0.3 is 10.6 Å². The molecule has 0 unspecified atom stereocenters. The molecule has 1 amide bonds. The van der Waals surface area contributed by atoms with Crippen LogP contribution >= 0.6 is 0 Å². The molecule has 0 aliphatic carbocycles. The molecule has 0 fully saturated rings. The number of aromatic nitrogens is 2. The maximum atomic E-state index is 11.0. The van der Waals surface area contributed by atoms with E-state index in [9.17, 15) is 4.79 Å². The fourth-order valence-corrected chi connectivity index (χ4v) is 1.60. The van der Waals surface area contributed by atoms with Gasteiger partial charge in [-0.25, -0.2) is 4.68 Å². The minimum absolute atomic E-state index is 0.0110. The molecule has 2 aromatic rings. The fraction of sp³-hybridized carbons (Fsp3) is 0.231. The molecule has 0 atom stereocenters. The summed E-state index contributed by atoms with van der Waals surface area (Å²) in [5.41, 5.74) is 2.16. The molecule has 2 rings (SSSR count). The van der Waals surface area contributed by atoms with Crippen LogP contribution in [0.25, 0.3) is 5.69 Å². The number of benzene rings is 1. The molecule has 0 radical (unpaired) electrons. The number of nitrogens with one attached hydrogen (secondary N) is 2. The molecule has 0 spiro atoms. The van der Waals surface area contributed by atoms with Gasteiger partial charge in [-0.15, -0.1) is 0 Å². The highest BCUT2D eigenvalue weighted by atomic mass is 16.1. The predicted molar refractivity (Wildman–Crippen MR) is 69.3 cm³/mol. The lowest BCUT2D eigenvalue weighted by atomic mass is 10.2. The van der Waals surface area contributed by atoms with Crippen LogP contribution in [-0.2, 0) is 11.3 Å². The lowest BCUT2D eigenvalue weighted by Gasteiger charge is -2.06. The molecule has 1 aromatic carbocycles. The van der Waals surface area contributed by atoms with Gasteiger partial charge in [-0.2, -0.15) is 5.10 Å². The fourth-order valence-electron chi connectivity index (χ4n) is 1.60. The standard InChI is InChI=1S/C13H16N4O/c1-14-13(18)10-15-9-11-3-5-12(6-4-11)17-8-2-7-16-17/h2-8,15H,9-10H2,1H3,(H,14,18). The third-order valence-corrected chi connectivity index (χ3v) is 2.60. The van der Waals surface area contributed by atoms with Crippen LogP contribution in [0.2, 0.25) is 0 Å². The van der Waals surface area contributed by atoms with Crippen LogP contribution in [0.3, 0.4) is 0 Å². The van der Waals surface area contributed by atoms with Crippen molar-refractivity contribution in [3.05, 3.63) is 48.3 Å².